The molecule has 5 nitrogen and oxygen atoms in total. The molecule has 0 aliphatic rings. The minimum atomic E-state index is -2.70. The van der Waals surface area contributed by atoms with Crippen molar-refractivity contribution in [3.8, 4) is 0 Å². The van der Waals surface area contributed by atoms with E-state index in [0.717, 1.165) is 37.1 Å². The summed E-state index contributed by atoms with van der Waals surface area (Å²) in [6.07, 6.45) is 5.84. The van der Waals surface area contributed by atoms with Crippen LogP contribution in [0.4, 0.5) is 0 Å². The van der Waals surface area contributed by atoms with Gasteiger partial charge < -0.3 is 11.5 Å². The van der Waals surface area contributed by atoms with Crippen molar-refractivity contribution in [3.63, 3.8) is 0 Å². The van der Waals surface area contributed by atoms with Crippen LogP contribution in [0.15, 0.2) is 0 Å². The van der Waals surface area contributed by atoms with E-state index < -0.39 is 17.8 Å². The number of hydrogen-bond acceptors (Lipinski definition) is 5. The van der Waals surface area contributed by atoms with Gasteiger partial charge in [0.25, 0.3) is 0 Å². The molecule has 0 aromatic heterocycles. The number of nitrogens with two attached hydrogens (primary N) is 2. The van der Waals surface area contributed by atoms with Crippen LogP contribution < -0.4 is 11.5 Å². The van der Waals surface area contributed by atoms with E-state index >= 15 is 0 Å². The van der Waals surface area contributed by atoms with E-state index in [0.29, 0.717) is 0 Å². The van der Waals surface area contributed by atoms with Crippen molar-refractivity contribution < 1.29 is 27.7 Å². The molecule has 112 valence electrons. The van der Waals surface area contributed by atoms with E-state index in [1.807, 2.05) is 0 Å². The Hall–Kier alpha value is 0.514. The zero-order valence-corrected chi connectivity index (χ0v) is 14.1. The third kappa shape index (κ3) is 11.6. The van der Waals surface area contributed by atoms with E-state index in [1.165, 1.54) is 12.8 Å². The number of rotatable bonds is 10. The van der Waals surface area contributed by atoms with Gasteiger partial charge in [-0.1, -0.05) is 12.8 Å². The molecule has 18 heavy (non-hydrogen) atoms. The third-order valence-corrected chi connectivity index (χ3v) is 7.30. The Morgan fingerprint density at radius 1 is 0.778 bits per heavy atom. The van der Waals surface area contributed by atoms with Crippen molar-refractivity contribution in [1.82, 2.24) is 0 Å². The summed E-state index contributed by atoms with van der Waals surface area (Å²) >= 11 is -2.70. The van der Waals surface area contributed by atoms with Gasteiger partial charge in [0.2, 0.25) is 0 Å². The van der Waals surface area contributed by atoms with Gasteiger partial charge in [0.1, 0.15) is 0 Å². The molecule has 0 rings (SSSR count). The molecule has 0 amide bonds. The van der Waals surface area contributed by atoms with Crippen molar-refractivity contribution in [2.24, 2.45) is 11.5 Å². The van der Waals surface area contributed by atoms with Gasteiger partial charge in [-0.3, -0.25) is 0 Å². The fraction of sp³-hybridized carbons (Fsp3) is 1.00. The first-order chi connectivity index (χ1) is 8.66. The maximum absolute atomic E-state index is 5.28. The molecule has 0 saturated heterocycles. The third-order valence-electron chi connectivity index (χ3n) is 2.65. The standard InChI is InChI=1S/C6H16N2.C3H7.3CH3O.Ti/c7-5-3-1-2-4-6-8;1-3-2;3*1-2;/h1-8H2;1,3H2,2H3;3*1H3;/q;;3*-1;+3. The molecule has 0 bridgehead atoms. The van der Waals surface area contributed by atoms with Crippen LogP contribution in [0.1, 0.15) is 39.0 Å². The Kier molecular flexibility index (Phi) is 18.0. The van der Waals surface area contributed by atoms with Crippen LogP contribution in [0, 0.1) is 0 Å². The number of hydrogen-bond donors (Lipinski definition) is 2. The van der Waals surface area contributed by atoms with Gasteiger partial charge in [0.05, 0.1) is 0 Å². The average Bonchev–Trinajstić information content (AvgIpc) is 2.42. The van der Waals surface area contributed by atoms with Crippen LogP contribution >= 0.6 is 0 Å². The maximum atomic E-state index is 5.28. The van der Waals surface area contributed by atoms with Crippen molar-refractivity contribution in [2.75, 3.05) is 34.4 Å². The average molecular weight is 300 g/mol. The molecule has 0 saturated carbocycles. The number of unbranched alkanes of at least 4 members (excludes halogenated alkanes) is 3. The van der Waals surface area contributed by atoms with E-state index in [1.54, 1.807) is 21.3 Å². The van der Waals surface area contributed by atoms with Crippen molar-refractivity contribution in [3.05, 3.63) is 0 Å². The molecule has 0 aromatic carbocycles. The predicted molar refractivity (Wildman–Crippen MR) is 72.7 cm³/mol. The van der Waals surface area contributed by atoms with E-state index in [4.69, 9.17) is 21.4 Å². The first kappa shape index (κ1) is 20.8. The van der Waals surface area contributed by atoms with Gasteiger partial charge in [-0.05, 0) is 25.9 Å². The first-order valence-corrected chi connectivity index (χ1v) is 9.73. The van der Waals surface area contributed by atoms with Gasteiger partial charge in [-0.15, -0.1) is 0 Å². The zero-order chi connectivity index (χ0) is 14.3. The summed E-state index contributed by atoms with van der Waals surface area (Å²) in [6.45, 7) is 3.74. The maximum Gasteiger partial charge on any atom is -0.00773 e. The molecule has 0 unspecified atom stereocenters. The van der Waals surface area contributed by atoms with Crippen LogP contribution in [0.3, 0.4) is 0 Å². The molecule has 0 fully saturated rings. The van der Waals surface area contributed by atoms with Crippen LogP contribution in [0.2, 0.25) is 4.73 Å². The monoisotopic (exact) mass is 300 g/mol. The molecule has 6 heteroatoms. The normalized spacial score (nSPS) is 11.0. The SMILES string of the molecule is CC[CH2][Ti]([O]C)([O]C)[O]C.NCCCCCCN. The van der Waals surface area contributed by atoms with Crippen LogP contribution in [-0.4, -0.2) is 34.4 Å². The molecular weight excluding hydrogens is 268 g/mol. The van der Waals surface area contributed by atoms with Crippen LogP contribution in [0.5, 0.6) is 0 Å². The Labute approximate surface area is 117 Å². The first-order valence-electron chi connectivity index (χ1n) is 6.71. The summed E-state index contributed by atoms with van der Waals surface area (Å²) in [5.41, 5.74) is 10.6. The summed E-state index contributed by atoms with van der Waals surface area (Å²) in [4.78, 5) is 0. The van der Waals surface area contributed by atoms with Gasteiger partial charge in [0.15, 0.2) is 0 Å². The molecule has 0 spiro atoms. The van der Waals surface area contributed by atoms with Crippen LogP contribution in [-0.2, 0) is 27.7 Å². The fourth-order valence-corrected chi connectivity index (χ4v) is 4.20. The smallest absolute Gasteiger partial charge is 0.00773 e. The summed E-state index contributed by atoms with van der Waals surface area (Å²) < 4.78 is 16.6. The zero-order valence-electron chi connectivity index (χ0n) is 12.5. The van der Waals surface area contributed by atoms with Crippen molar-refractivity contribution in [1.29, 1.82) is 0 Å². The summed E-state index contributed by atoms with van der Waals surface area (Å²) in [6, 6.07) is 0. The van der Waals surface area contributed by atoms with Gasteiger partial charge in [-0.2, -0.15) is 0 Å². The Bertz CT molecular complexity index is 144. The molecule has 0 aromatic rings. The quantitative estimate of drug-likeness (QED) is 0.477. The molecule has 4 N–H and O–H groups in total. The van der Waals surface area contributed by atoms with Crippen molar-refractivity contribution >= 4 is 0 Å². The van der Waals surface area contributed by atoms with Gasteiger partial charge in [0, 0.05) is 0 Å². The molecule has 0 radical (unpaired) electrons. The van der Waals surface area contributed by atoms with Crippen LogP contribution in [0.25, 0.3) is 0 Å². The molecule has 0 aliphatic heterocycles. The summed E-state index contributed by atoms with van der Waals surface area (Å²) in [5.74, 6) is 0. The Morgan fingerprint density at radius 2 is 1.17 bits per heavy atom. The Morgan fingerprint density at radius 3 is 1.33 bits per heavy atom. The minimum absolute atomic E-state index is 0.824. The summed E-state index contributed by atoms with van der Waals surface area (Å²) in [7, 11) is 4.97. The Balaban J connectivity index is 0. The second kappa shape index (κ2) is 15.6. The van der Waals surface area contributed by atoms with E-state index in [-0.39, 0.29) is 0 Å². The topological polar surface area (TPSA) is 79.7 Å². The summed E-state index contributed by atoms with van der Waals surface area (Å²) in [5, 5.41) is 0. The molecular formula is C12H32N2O3Ti. The van der Waals surface area contributed by atoms with Gasteiger partial charge >= 0.3 is 67.1 Å². The van der Waals surface area contributed by atoms with Crippen molar-refractivity contribution in [2.45, 2.75) is 43.8 Å². The van der Waals surface area contributed by atoms with E-state index in [2.05, 4.69) is 6.92 Å². The predicted octanol–water partition coefficient (Wildman–Crippen LogP) is 2.12. The second-order valence-electron chi connectivity index (χ2n) is 4.04. The molecule has 0 heterocycles. The molecule has 0 aliphatic carbocycles. The largest absolute Gasteiger partial charge is 0.330 e. The minimum Gasteiger partial charge on any atom is -0.330 e. The fourth-order valence-electron chi connectivity index (χ4n) is 1.50. The van der Waals surface area contributed by atoms with E-state index in [9.17, 15) is 0 Å². The van der Waals surface area contributed by atoms with Gasteiger partial charge in [-0.25, -0.2) is 0 Å². The molecule has 0 atom stereocenters. The second-order valence-corrected chi connectivity index (χ2v) is 8.86.